The molecule has 0 atom stereocenters. The van der Waals surface area contributed by atoms with Gasteiger partial charge < -0.3 is 20.3 Å². The van der Waals surface area contributed by atoms with Gasteiger partial charge in [0.1, 0.15) is 0 Å². The first-order valence-corrected chi connectivity index (χ1v) is 4.41. The molecule has 1 heterocycles. The van der Waals surface area contributed by atoms with Gasteiger partial charge in [-0.05, 0) is 6.08 Å². The molecule has 15 heavy (non-hydrogen) atoms. The van der Waals surface area contributed by atoms with Gasteiger partial charge in [0.25, 0.3) is 0 Å². The van der Waals surface area contributed by atoms with Crippen molar-refractivity contribution in [1.82, 2.24) is 0 Å². The van der Waals surface area contributed by atoms with E-state index < -0.39 is 11.6 Å². The normalized spacial score (nSPS) is 13.7. The van der Waals surface area contributed by atoms with Crippen LogP contribution in [-0.2, 0) is 0 Å². The summed E-state index contributed by atoms with van der Waals surface area (Å²) in [5, 5.41) is 9.49. The van der Waals surface area contributed by atoms with Crippen molar-refractivity contribution in [2.24, 2.45) is 5.73 Å². The molecule has 0 radical (unpaired) electrons. The summed E-state index contributed by atoms with van der Waals surface area (Å²) in [6.45, 7) is 0.327. The zero-order valence-corrected chi connectivity index (χ0v) is 7.87. The average molecular weight is 211 g/mol. The van der Waals surface area contributed by atoms with Crippen LogP contribution < -0.4 is 15.2 Å². The van der Waals surface area contributed by atoms with Crippen LogP contribution in [0.4, 0.5) is 4.39 Å². The third-order valence-electron chi connectivity index (χ3n) is 2.05. The molecule has 4 nitrogen and oxygen atoms in total. The van der Waals surface area contributed by atoms with E-state index in [0.29, 0.717) is 18.0 Å². The summed E-state index contributed by atoms with van der Waals surface area (Å²) in [7, 11) is 0. The predicted octanol–water partition coefficient (Wildman–Crippen LogP) is 1.23. The van der Waals surface area contributed by atoms with Gasteiger partial charge in [0.05, 0.1) is 5.56 Å². The number of phenols is 1. The van der Waals surface area contributed by atoms with Gasteiger partial charge in [-0.15, -0.1) is 0 Å². The highest BCUT2D eigenvalue weighted by atomic mass is 19.1. The molecule has 1 aliphatic rings. The summed E-state index contributed by atoms with van der Waals surface area (Å²) in [5.41, 5.74) is 5.53. The van der Waals surface area contributed by atoms with Gasteiger partial charge in [-0.25, -0.2) is 4.39 Å². The van der Waals surface area contributed by atoms with Crippen molar-refractivity contribution < 1.29 is 19.0 Å². The van der Waals surface area contributed by atoms with E-state index in [0.717, 1.165) is 6.07 Å². The molecule has 0 aromatic heterocycles. The van der Waals surface area contributed by atoms with Crippen molar-refractivity contribution >= 4 is 6.08 Å². The second kappa shape index (κ2) is 3.78. The molecule has 0 aliphatic carbocycles. The molecular weight excluding hydrogens is 201 g/mol. The molecule has 1 aliphatic heterocycles. The fourth-order valence-electron chi connectivity index (χ4n) is 1.37. The summed E-state index contributed by atoms with van der Waals surface area (Å²) in [6.07, 6.45) is 3.10. The molecule has 0 saturated heterocycles. The van der Waals surface area contributed by atoms with Gasteiger partial charge in [-0.2, -0.15) is 0 Å². The molecule has 0 unspecified atom stereocenters. The second-order valence-corrected chi connectivity index (χ2v) is 2.99. The lowest BCUT2D eigenvalue weighted by molar-refractivity contribution is 0.173. The number of aromatic hydroxyl groups is 1. The van der Waals surface area contributed by atoms with Crippen molar-refractivity contribution in [1.29, 1.82) is 0 Å². The number of nitrogens with two attached hydrogens (primary N) is 1. The van der Waals surface area contributed by atoms with Crippen LogP contribution in [0.1, 0.15) is 5.56 Å². The number of hydrogen-bond donors (Lipinski definition) is 2. The predicted molar refractivity (Wildman–Crippen MR) is 52.3 cm³/mol. The van der Waals surface area contributed by atoms with E-state index in [2.05, 4.69) is 0 Å². The average Bonchev–Trinajstić information content (AvgIpc) is 2.66. The Kier molecular flexibility index (Phi) is 2.47. The highest BCUT2D eigenvalue weighted by molar-refractivity contribution is 5.69. The van der Waals surface area contributed by atoms with Crippen molar-refractivity contribution in [2.45, 2.75) is 0 Å². The summed E-state index contributed by atoms with van der Waals surface area (Å²) in [5.74, 6) is -0.555. The lowest BCUT2D eigenvalue weighted by atomic mass is 10.1. The van der Waals surface area contributed by atoms with E-state index in [-0.39, 0.29) is 12.4 Å². The van der Waals surface area contributed by atoms with E-state index >= 15 is 0 Å². The lowest BCUT2D eigenvalue weighted by Crippen LogP contribution is -1.94. The number of halogens is 1. The number of phenolic OH excluding ortho intramolecular Hbond substituents is 1. The third kappa shape index (κ3) is 1.61. The maximum atomic E-state index is 13.2. The molecule has 1 aromatic rings. The van der Waals surface area contributed by atoms with Gasteiger partial charge in [-0.3, -0.25) is 0 Å². The standard InChI is InChI=1S/C10H10FNO3/c11-7-4-8-10(15-5-14-8)6(9(7)13)2-1-3-12/h1-2,4,13H,3,5,12H2/b2-1+. The van der Waals surface area contributed by atoms with E-state index in [1.807, 2.05) is 0 Å². The van der Waals surface area contributed by atoms with Crippen molar-refractivity contribution in [2.75, 3.05) is 13.3 Å². The van der Waals surface area contributed by atoms with E-state index in [1.165, 1.54) is 6.08 Å². The topological polar surface area (TPSA) is 64.7 Å². The number of fused-ring (bicyclic) bond motifs is 1. The highest BCUT2D eigenvalue weighted by Gasteiger charge is 2.22. The van der Waals surface area contributed by atoms with Gasteiger partial charge in [-0.1, -0.05) is 6.08 Å². The monoisotopic (exact) mass is 211 g/mol. The van der Waals surface area contributed by atoms with Crippen LogP contribution in [0.3, 0.4) is 0 Å². The summed E-state index contributed by atoms with van der Waals surface area (Å²) in [6, 6.07) is 1.09. The fraction of sp³-hybridized carbons (Fsp3) is 0.200. The first-order valence-electron chi connectivity index (χ1n) is 4.41. The molecule has 1 aromatic carbocycles. The number of benzene rings is 1. The molecular formula is C10H10FNO3. The smallest absolute Gasteiger partial charge is 0.231 e. The van der Waals surface area contributed by atoms with Crippen LogP contribution in [0.2, 0.25) is 0 Å². The molecule has 0 amide bonds. The summed E-state index contributed by atoms with van der Waals surface area (Å²) in [4.78, 5) is 0. The molecule has 0 bridgehead atoms. The molecule has 0 fully saturated rings. The first kappa shape index (κ1) is 9.79. The molecule has 80 valence electrons. The molecule has 5 heteroatoms. The Labute approximate surface area is 85.7 Å². The second-order valence-electron chi connectivity index (χ2n) is 2.99. The van der Waals surface area contributed by atoms with Crippen LogP contribution in [0.5, 0.6) is 17.2 Å². The van der Waals surface area contributed by atoms with Gasteiger partial charge >= 0.3 is 0 Å². The number of ether oxygens (including phenoxy) is 2. The Bertz CT molecular complexity index is 418. The number of hydrogen-bond acceptors (Lipinski definition) is 4. The van der Waals surface area contributed by atoms with Crippen molar-refractivity contribution in [3.8, 4) is 17.2 Å². The lowest BCUT2D eigenvalue weighted by Gasteiger charge is -2.05. The zero-order valence-electron chi connectivity index (χ0n) is 7.87. The van der Waals surface area contributed by atoms with Crippen LogP contribution in [0, 0.1) is 5.82 Å². The number of rotatable bonds is 2. The Hall–Kier alpha value is -1.75. The first-order chi connectivity index (χ1) is 7.24. The zero-order chi connectivity index (χ0) is 10.8. The van der Waals surface area contributed by atoms with Crippen LogP contribution in [-0.4, -0.2) is 18.4 Å². The fourth-order valence-corrected chi connectivity index (χ4v) is 1.37. The third-order valence-corrected chi connectivity index (χ3v) is 2.05. The molecule has 3 N–H and O–H groups in total. The Morgan fingerprint density at radius 1 is 1.53 bits per heavy atom. The van der Waals surface area contributed by atoms with Crippen molar-refractivity contribution in [3.05, 3.63) is 23.5 Å². The summed E-state index contributed by atoms with van der Waals surface area (Å²) < 4.78 is 23.3. The Morgan fingerprint density at radius 2 is 2.33 bits per heavy atom. The van der Waals surface area contributed by atoms with Crippen LogP contribution in [0.25, 0.3) is 6.08 Å². The van der Waals surface area contributed by atoms with E-state index in [4.69, 9.17) is 15.2 Å². The van der Waals surface area contributed by atoms with Gasteiger partial charge in [0.15, 0.2) is 23.1 Å². The molecule has 0 spiro atoms. The van der Waals surface area contributed by atoms with E-state index in [1.54, 1.807) is 6.08 Å². The molecule has 0 saturated carbocycles. The van der Waals surface area contributed by atoms with Crippen LogP contribution in [0.15, 0.2) is 12.1 Å². The van der Waals surface area contributed by atoms with Crippen LogP contribution >= 0.6 is 0 Å². The van der Waals surface area contributed by atoms with E-state index in [9.17, 15) is 9.50 Å². The maximum absolute atomic E-state index is 13.2. The molecule has 2 rings (SSSR count). The van der Waals surface area contributed by atoms with Crippen molar-refractivity contribution in [3.63, 3.8) is 0 Å². The summed E-state index contributed by atoms with van der Waals surface area (Å²) >= 11 is 0. The highest BCUT2D eigenvalue weighted by Crippen LogP contribution is 2.42. The van der Waals surface area contributed by atoms with Gasteiger partial charge in [0, 0.05) is 12.6 Å². The van der Waals surface area contributed by atoms with Gasteiger partial charge in [0.2, 0.25) is 6.79 Å². The minimum atomic E-state index is -0.740. The quantitative estimate of drug-likeness (QED) is 0.772. The Morgan fingerprint density at radius 3 is 3.07 bits per heavy atom. The largest absolute Gasteiger partial charge is 0.504 e. The minimum Gasteiger partial charge on any atom is -0.504 e. The SMILES string of the molecule is NC/C=C/c1c(O)c(F)cc2c1OCO2. The minimum absolute atomic E-state index is 0.0295. The maximum Gasteiger partial charge on any atom is 0.231 e. The Balaban J connectivity index is 2.55.